The van der Waals surface area contributed by atoms with Crippen LogP contribution in [0.25, 0.3) is 0 Å². The number of amides is 2. The van der Waals surface area contributed by atoms with Gasteiger partial charge in [-0.05, 0) is 25.3 Å². The Morgan fingerprint density at radius 1 is 1.32 bits per heavy atom. The van der Waals surface area contributed by atoms with Crippen LogP contribution in [0.4, 0.5) is 0 Å². The third-order valence-corrected chi connectivity index (χ3v) is 3.80. The second-order valence-corrected chi connectivity index (χ2v) is 5.48. The van der Waals surface area contributed by atoms with Gasteiger partial charge in [0.05, 0.1) is 6.42 Å². The van der Waals surface area contributed by atoms with E-state index in [0.717, 1.165) is 12.0 Å². The number of carbonyl (C=O) groups excluding carboxylic acids is 2. The van der Waals surface area contributed by atoms with Crippen LogP contribution in [0.2, 0.25) is 0 Å². The maximum atomic E-state index is 12.4. The van der Waals surface area contributed by atoms with Gasteiger partial charge in [0.2, 0.25) is 11.8 Å². The fraction of sp³-hybridized carbons (Fsp3) is 0.438. The predicted molar refractivity (Wildman–Crippen MR) is 80.1 cm³/mol. The molecular formula is C16H20N2O4. The lowest BCUT2D eigenvalue weighted by Gasteiger charge is -2.25. The van der Waals surface area contributed by atoms with Crippen molar-refractivity contribution < 1.29 is 19.5 Å². The van der Waals surface area contributed by atoms with Crippen molar-refractivity contribution in [3.05, 3.63) is 35.9 Å². The number of aliphatic carboxylic acids is 1. The number of carboxylic acid groups (broad SMARTS) is 1. The quantitative estimate of drug-likeness (QED) is 0.843. The van der Waals surface area contributed by atoms with E-state index in [2.05, 4.69) is 5.32 Å². The molecule has 1 aromatic carbocycles. The minimum absolute atomic E-state index is 0.105. The van der Waals surface area contributed by atoms with Crippen LogP contribution in [0, 0.1) is 0 Å². The van der Waals surface area contributed by atoms with E-state index in [1.165, 1.54) is 6.92 Å². The summed E-state index contributed by atoms with van der Waals surface area (Å²) >= 11 is 0. The maximum Gasteiger partial charge on any atom is 0.325 e. The van der Waals surface area contributed by atoms with E-state index in [4.69, 9.17) is 5.11 Å². The molecule has 1 fully saturated rings. The van der Waals surface area contributed by atoms with Gasteiger partial charge in [0.25, 0.3) is 0 Å². The van der Waals surface area contributed by atoms with E-state index in [0.29, 0.717) is 13.0 Å². The van der Waals surface area contributed by atoms with Crippen molar-refractivity contribution in [1.29, 1.82) is 0 Å². The van der Waals surface area contributed by atoms with Gasteiger partial charge in [-0.3, -0.25) is 14.4 Å². The van der Waals surface area contributed by atoms with Crippen molar-refractivity contribution in [2.45, 2.75) is 38.3 Å². The first-order valence-electron chi connectivity index (χ1n) is 7.35. The lowest BCUT2D eigenvalue weighted by atomic mass is 10.1. The van der Waals surface area contributed by atoms with Crippen LogP contribution in [0.15, 0.2) is 30.3 Å². The highest BCUT2D eigenvalue weighted by Crippen LogP contribution is 2.19. The molecule has 0 aromatic heterocycles. The van der Waals surface area contributed by atoms with Gasteiger partial charge in [-0.2, -0.15) is 0 Å². The molecule has 6 nitrogen and oxygen atoms in total. The van der Waals surface area contributed by atoms with Crippen LogP contribution in [0.5, 0.6) is 0 Å². The van der Waals surface area contributed by atoms with Crippen LogP contribution >= 0.6 is 0 Å². The maximum absolute atomic E-state index is 12.4. The molecule has 1 saturated heterocycles. The van der Waals surface area contributed by atoms with E-state index >= 15 is 0 Å². The molecule has 0 bridgehead atoms. The van der Waals surface area contributed by atoms with Crippen LogP contribution in [0.3, 0.4) is 0 Å². The van der Waals surface area contributed by atoms with E-state index in [-0.39, 0.29) is 12.3 Å². The first kappa shape index (κ1) is 16.0. The number of hydrogen-bond acceptors (Lipinski definition) is 3. The monoisotopic (exact) mass is 304 g/mol. The minimum Gasteiger partial charge on any atom is -0.480 e. The first-order chi connectivity index (χ1) is 10.5. The Kier molecular flexibility index (Phi) is 5.14. The van der Waals surface area contributed by atoms with Gasteiger partial charge in [-0.1, -0.05) is 30.3 Å². The number of likely N-dealkylation sites (tertiary alicyclic amines) is 1. The molecule has 22 heavy (non-hydrogen) atoms. The van der Waals surface area contributed by atoms with Gasteiger partial charge in [0.15, 0.2) is 0 Å². The zero-order chi connectivity index (χ0) is 16.1. The van der Waals surface area contributed by atoms with Crippen molar-refractivity contribution >= 4 is 17.8 Å². The van der Waals surface area contributed by atoms with Crippen LogP contribution in [-0.2, 0) is 20.8 Å². The van der Waals surface area contributed by atoms with Gasteiger partial charge >= 0.3 is 5.97 Å². The van der Waals surface area contributed by atoms with Crippen LogP contribution in [-0.4, -0.2) is 46.4 Å². The molecule has 0 aliphatic carbocycles. The molecule has 2 atom stereocenters. The number of nitrogens with zero attached hydrogens (tertiary/aromatic N) is 1. The fourth-order valence-corrected chi connectivity index (χ4v) is 2.58. The third kappa shape index (κ3) is 3.84. The van der Waals surface area contributed by atoms with E-state index < -0.39 is 24.0 Å². The van der Waals surface area contributed by atoms with E-state index in [1.54, 1.807) is 4.90 Å². The van der Waals surface area contributed by atoms with Crippen molar-refractivity contribution in [1.82, 2.24) is 10.2 Å². The Hall–Kier alpha value is -2.37. The smallest absolute Gasteiger partial charge is 0.325 e. The summed E-state index contributed by atoms with van der Waals surface area (Å²) in [5.41, 5.74) is 0.900. The molecule has 1 aliphatic heterocycles. The highest BCUT2D eigenvalue weighted by molar-refractivity contribution is 5.91. The van der Waals surface area contributed by atoms with Gasteiger partial charge in [0, 0.05) is 6.54 Å². The van der Waals surface area contributed by atoms with Gasteiger partial charge in [-0.25, -0.2) is 0 Å². The summed E-state index contributed by atoms with van der Waals surface area (Å²) in [5, 5.41) is 11.3. The number of benzene rings is 1. The summed E-state index contributed by atoms with van der Waals surface area (Å²) < 4.78 is 0. The molecule has 2 rings (SSSR count). The number of carbonyl (C=O) groups is 3. The Morgan fingerprint density at radius 3 is 2.64 bits per heavy atom. The molecule has 0 radical (unpaired) electrons. The minimum atomic E-state index is -1.09. The van der Waals surface area contributed by atoms with E-state index in [1.807, 2.05) is 30.3 Å². The second-order valence-electron chi connectivity index (χ2n) is 5.48. The molecule has 1 aromatic rings. The summed E-state index contributed by atoms with van der Waals surface area (Å²) in [6, 6.07) is 7.83. The molecular weight excluding hydrogens is 284 g/mol. The zero-order valence-corrected chi connectivity index (χ0v) is 12.5. The lowest BCUT2D eigenvalue weighted by molar-refractivity contribution is -0.143. The molecule has 0 spiro atoms. The summed E-state index contributed by atoms with van der Waals surface area (Å²) in [6.07, 6.45) is 1.57. The average molecular weight is 304 g/mol. The highest BCUT2D eigenvalue weighted by Gasteiger charge is 2.34. The lowest BCUT2D eigenvalue weighted by Crippen LogP contribution is -2.50. The van der Waals surface area contributed by atoms with Crippen molar-refractivity contribution in [2.24, 2.45) is 0 Å². The second kappa shape index (κ2) is 7.06. The van der Waals surface area contributed by atoms with Gasteiger partial charge in [-0.15, -0.1) is 0 Å². The summed E-state index contributed by atoms with van der Waals surface area (Å²) in [7, 11) is 0. The summed E-state index contributed by atoms with van der Waals surface area (Å²) in [5.74, 6) is -1.59. The SMILES string of the molecule is C[C@@H](NC(=O)C1CCCN1C(=O)Cc1ccccc1)C(=O)O. The number of nitrogens with one attached hydrogen (secondary N) is 1. The molecule has 1 heterocycles. The zero-order valence-electron chi connectivity index (χ0n) is 12.5. The molecule has 118 valence electrons. The number of hydrogen-bond donors (Lipinski definition) is 2. The number of carboxylic acids is 1. The molecule has 0 saturated carbocycles. The Morgan fingerprint density at radius 2 is 2.00 bits per heavy atom. The summed E-state index contributed by atoms with van der Waals surface area (Å²) in [6.45, 7) is 1.94. The molecule has 1 aliphatic rings. The molecule has 1 unspecified atom stereocenters. The van der Waals surface area contributed by atoms with Gasteiger partial charge < -0.3 is 15.3 Å². The Labute approximate surface area is 129 Å². The van der Waals surface area contributed by atoms with Crippen molar-refractivity contribution in [3.8, 4) is 0 Å². The topological polar surface area (TPSA) is 86.7 Å². The fourth-order valence-electron chi connectivity index (χ4n) is 2.58. The van der Waals surface area contributed by atoms with Crippen molar-refractivity contribution in [3.63, 3.8) is 0 Å². The average Bonchev–Trinajstić information content (AvgIpc) is 2.97. The van der Waals surface area contributed by atoms with Crippen LogP contribution in [0.1, 0.15) is 25.3 Å². The molecule has 2 N–H and O–H groups in total. The first-order valence-corrected chi connectivity index (χ1v) is 7.35. The van der Waals surface area contributed by atoms with Crippen molar-refractivity contribution in [2.75, 3.05) is 6.54 Å². The standard InChI is InChI=1S/C16H20N2O4/c1-11(16(21)22)17-15(20)13-8-5-9-18(13)14(19)10-12-6-3-2-4-7-12/h2-4,6-7,11,13H,5,8-10H2,1H3,(H,17,20)(H,21,22)/t11-,13?/m1/s1. The normalized spacial score (nSPS) is 18.8. The third-order valence-electron chi connectivity index (χ3n) is 3.80. The molecule has 2 amide bonds. The van der Waals surface area contributed by atoms with Crippen LogP contribution < -0.4 is 5.32 Å². The van der Waals surface area contributed by atoms with Gasteiger partial charge in [0.1, 0.15) is 12.1 Å². The van der Waals surface area contributed by atoms with E-state index in [9.17, 15) is 14.4 Å². The highest BCUT2D eigenvalue weighted by atomic mass is 16.4. The predicted octanol–water partition coefficient (Wildman–Crippen LogP) is 0.809. The number of rotatable bonds is 5. The summed E-state index contributed by atoms with van der Waals surface area (Å²) in [4.78, 5) is 36.9. The molecule has 6 heteroatoms. The Bertz CT molecular complexity index is 559. The Balaban J connectivity index is 1.99. The largest absolute Gasteiger partial charge is 0.480 e.